The summed E-state index contributed by atoms with van der Waals surface area (Å²) in [4.78, 5) is 13.8. The van der Waals surface area contributed by atoms with E-state index in [1.165, 1.54) is 0 Å². The van der Waals surface area contributed by atoms with Gasteiger partial charge in [-0.15, -0.1) is 0 Å². The fourth-order valence-electron chi connectivity index (χ4n) is 2.88. The largest absolute Gasteiger partial charge is 0.481 e. The molecule has 0 unspecified atom stereocenters. The Labute approximate surface area is 108 Å². The summed E-state index contributed by atoms with van der Waals surface area (Å²) < 4.78 is 0. The van der Waals surface area contributed by atoms with Crippen LogP contribution in [0, 0.1) is 5.41 Å². The Morgan fingerprint density at radius 3 is 2.39 bits per heavy atom. The topological polar surface area (TPSA) is 40.5 Å². The van der Waals surface area contributed by atoms with Gasteiger partial charge in [-0.25, -0.2) is 0 Å². The molecule has 3 nitrogen and oxygen atoms in total. The zero-order chi connectivity index (χ0) is 13.0. The molecule has 1 aromatic carbocycles. The van der Waals surface area contributed by atoms with Crippen LogP contribution in [-0.4, -0.2) is 24.2 Å². The standard InChI is InChI=1S/C15H21NO2/c1-2-16(13-8-4-3-5-9-13)12-15(14(17)18)10-6-7-11-15/h3-5,8-9H,2,6-7,10-12H2,1H3,(H,17,18). The van der Waals surface area contributed by atoms with Crippen LogP contribution in [0.25, 0.3) is 0 Å². The van der Waals surface area contributed by atoms with Crippen LogP contribution in [-0.2, 0) is 4.79 Å². The molecular weight excluding hydrogens is 226 g/mol. The Kier molecular flexibility index (Phi) is 3.90. The van der Waals surface area contributed by atoms with E-state index in [0.717, 1.165) is 37.9 Å². The van der Waals surface area contributed by atoms with E-state index in [1.807, 2.05) is 30.3 Å². The van der Waals surface area contributed by atoms with E-state index in [1.54, 1.807) is 0 Å². The number of carboxylic acid groups (broad SMARTS) is 1. The molecule has 1 N–H and O–H groups in total. The minimum Gasteiger partial charge on any atom is -0.481 e. The Bertz CT molecular complexity index is 396. The predicted molar refractivity (Wildman–Crippen MR) is 72.9 cm³/mol. The molecule has 98 valence electrons. The van der Waals surface area contributed by atoms with Crippen LogP contribution in [0.3, 0.4) is 0 Å². The third-order valence-electron chi connectivity index (χ3n) is 4.01. The van der Waals surface area contributed by atoms with Gasteiger partial charge in [0.15, 0.2) is 0 Å². The summed E-state index contributed by atoms with van der Waals surface area (Å²) in [7, 11) is 0. The molecule has 0 aromatic heterocycles. The second kappa shape index (κ2) is 5.42. The number of carbonyl (C=O) groups is 1. The van der Waals surface area contributed by atoms with Gasteiger partial charge >= 0.3 is 5.97 Å². The highest BCUT2D eigenvalue weighted by Crippen LogP contribution is 2.39. The molecule has 0 saturated heterocycles. The highest BCUT2D eigenvalue weighted by Gasteiger charge is 2.42. The number of hydrogen-bond acceptors (Lipinski definition) is 2. The molecule has 1 saturated carbocycles. The smallest absolute Gasteiger partial charge is 0.311 e. The molecule has 0 aliphatic heterocycles. The molecule has 0 radical (unpaired) electrons. The van der Waals surface area contributed by atoms with Crippen LogP contribution >= 0.6 is 0 Å². The minimum atomic E-state index is -0.630. The molecule has 1 aliphatic carbocycles. The Hall–Kier alpha value is -1.51. The van der Waals surface area contributed by atoms with Crippen LogP contribution in [0.5, 0.6) is 0 Å². The van der Waals surface area contributed by atoms with Gasteiger partial charge < -0.3 is 10.0 Å². The lowest BCUT2D eigenvalue weighted by Gasteiger charge is -2.33. The van der Waals surface area contributed by atoms with E-state index >= 15 is 0 Å². The first-order chi connectivity index (χ1) is 8.68. The van der Waals surface area contributed by atoms with E-state index in [0.29, 0.717) is 6.54 Å². The van der Waals surface area contributed by atoms with Gasteiger partial charge in [0, 0.05) is 18.8 Å². The number of rotatable bonds is 5. The number of benzene rings is 1. The van der Waals surface area contributed by atoms with E-state index in [2.05, 4.69) is 11.8 Å². The SMILES string of the molecule is CCN(CC1(C(=O)O)CCCC1)c1ccccc1. The molecule has 3 heteroatoms. The molecule has 1 aromatic rings. The van der Waals surface area contributed by atoms with Crippen LogP contribution in [0.15, 0.2) is 30.3 Å². The third-order valence-corrected chi connectivity index (χ3v) is 4.01. The summed E-state index contributed by atoms with van der Waals surface area (Å²) in [6, 6.07) is 10.1. The Morgan fingerprint density at radius 2 is 1.89 bits per heavy atom. The highest BCUT2D eigenvalue weighted by atomic mass is 16.4. The zero-order valence-electron chi connectivity index (χ0n) is 10.9. The van der Waals surface area contributed by atoms with Crippen LogP contribution in [0.1, 0.15) is 32.6 Å². The maximum absolute atomic E-state index is 11.6. The van der Waals surface area contributed by atoms with Gasteiger partial charge in [-0.1, -0.05) is 31.0 Å². The second-order valence-electron chi connectivity index (χ2n) is 5.14. The van der Waals surface area contributed by atoms with E-state index < -0.39 is 11.4 Å². The van der Waals surface area contributed by atoms with Gasteiger partial charge in [-0.3, -0.25) is 4.79 Å². The average Bonchev–Trinajstić information content (AvgIpc) is 2.87. The lowest BCUT2D eigenvalue weighted by atomic mass is 9.85. The summed E-state index contributed by atoms with van der Waals surface area (Å²) in [5, 5.41) is 9.53. The quantitative estimate of drug-likeness (QED) is 0.869. The van der Waals surface area contributed by atoms with Crippen molar-refractivity contribution in [3.8, 4) is 0 Å². The molecule has 1 fully saturated rings. The lowest BCUT2D eigenvalue weighted by molar-refractivity contribution is -0.148. The molecular formula is C15H21NO2. The van der Waals surface area contributed by atoms with E-state index in [9.17, 15) is 9.90 Å². The van der Waals surface area contributed by atoms with Gasteiger partial charge in [-0.2, -0.15) is 0 Å². The maximum Gasteiger partial charge on any atom is 0.311 e. The summed E-state index contributed by atoms with van der Waals surface area (Å²) in [6.07, 6.45) is 3.70. The molecule has 0 bridgehead atoms. The lowest BCUT2D eigenvalue weighted by Crippen LogP contribution is -2.41. The highest BCUT2D eigenvalue weighted by molar-refractivity contribution is 5.76. The first-order valence-corrected chi connectivity index (χ1v) is 6.71. The summed E-state index contributed by atoms with van der Waals surface area (Å²) >= 11 is 0. The van der Waals surface area contributed by atoms with Crippen molar-refractivity contribution in [2.45, 2.75) is 32.6 Å². The van der Waals surface area contributed by atoms with Crippen LogP contribution in [0.4, 0.5) is 5.69 Å². The number of para-hydroxylation sites is 1. The minimum absolute atomic E-state index is 0.536. The third kappa shape index (κ3) is 2.50. The first-order valence-electron chi connectivity index (χ1n) is 6.71. The van der Waals surface area contributed by atoms with Crippen LogP contribution in [0.2, 0.25) is 0 Å². The van der Waals surface area contributed by atoms with Gasteiger partial charge in [0.1, 0.15) is 0 Å². The Balaban J connectivity index is 2.17. The normalized spacial score (nSPS) is 17.6. The number of aliphatic carboxylic acids is 1. The fraction of sp³-hybridized carbons (Fsp3) is 0.533. The van der Waals surface area contributed by atoms with Gasteiger partial charge in [0.25, 0.3) is 0 Å². The summed E-state index contributed by atoms with van der Waals surface area (Å²) in [5.41, 5.74) is 0.582. The van der Waals surface area contributed by atoms with Crippen molar-refractivity contribution in [3.63, 3.8) is 0 Å². The molecule has 2 rings (SSSR count). The number of anilines is 1. The summed E-state index contributed by atoms with van der Waals surface area (Å²) in [5.74, 6) is -0.630. The number of carboxylic acids is 1. The van der Waals surface area contributed by atoms with Gasteiger partial charge in [0.05, 0.1) is 5.41 Å². The summed E-state index contributed by atoms with van der Waals surface area (Å²) in [6.45, 7) is 3.55. The van der Waals surface area contributed by atoms with E-state index in [4.69, 9.17) is 0 Å². The van der Waals surface area contributed by atoms with Gasteiger partial charge in [-0.05, 0) is 31.9 Å². The average molecular weight is 247 g/mol. The van der Waals surface area contributed by atoms with Crippen molar-refractivity contribution in [3.05, 3.63) is 30.3 Å². The maximum atomic E-state index is 11.6. The van der Waals surface area contributed by atoms with Crippen molar-refractivity contribution in [1.82, 2.24) is 0 Å². The van der Waals surface area contributed by atoms with Crippen molar-refractivity contribution in [2.24, 2.45) is 5.41 Å². The Morgan fingerprint density at radius 1 is 1.28 bits per heavy atom. The van der Waals surface area contributed by atoms with Crippen molar-refractivity contribution >= 4 is 11.7 Å². The molecule has 0 spiro atoms. The van der Waals surface area contributed by atoms with Crippen LogP contribution < -0.4 is 4.90 Å². The van der Waals surface area contributed by atoms with Crippen molar-refractivity contribution in [2.75, 3.05) is 18.0 Å². The number of hydrogen-bond donors (Lipinski definition) is 1. The number of nitrogens with zero attached hydrogens (tertiary/aromatic N) is 1. The van der Waals surface area contributed by atoms with E-state index in [-0.39, 0.29) is 0 Å². The predicted octanol–water partition coefficient (Wildman–Crippen LogP) is 3.16. The fourth-order valence-corrected chi connectivity index (χ4v) is 2.88. The second-order valence-corrected chi connectivity index (χ2v) is 5.14. The monoisotopic (exact) mass is 247 g/mol. The van der Waals surface area contributed by atoms with Crippen molar-refractivity contribution < 1.29 is 9.90 Å². The molecule has 0 atom stereocenters. The molecule has 18 heavy (non-hydrogen) atoms. The van der Waals surface area contributed by atoms with Gasteiger partial charge in [0.2, 0.25) is 0 Å². The molecule has 0 amide bonds. The molecule has 1 aliphatic rings. The zero-order valence-corrected chi connectivity index (χ0v) is 10.9. The van der Waals surface area contributed by atoms with Crippen molar-refractivity contribution in [1.29, 1.82) is 0 Å². The molecule has 0 heterocycles. The first kappa shape index (κ1) is 12.9.